The molecule has 2 aliphatic rings. The van der Waals surface area contributed by atoms with Gasteiger partial charge in [0.2, 0.25) is 5.91 Å². The van der Waals surface area contributed by atoms with Gasteiger partial charge < -0.3 is 14.6 Å². The van der Waals surface area contributed by atoms with Gasteiger partial charge in [0.15, 0.2) is 0 Å². The molecule has 2 amide bonds. The van der Waals surface area contributed by atoms with Crippen LogP contribution in [-0.2, 0) is 17.8 Å². The lowest BCUT2D eigenvalue weighted by Gasteiger charge is -2.26. The topological polar surface area (TPSA) is 62.6 Å². The zero-order valence-electron chi connectivity index (χ0n) is 16.4. The monoisotopic (exact) mass is 404 g/mol. The van der Waals surface area contributed by atoms with E-state index in [0.29, 0.717) is 30.8 Å². The molecule has 152 valence electrons. The highest BCUT2D eigenvalue weighted by atomic mass is 19.1. The number of hydrogen-bond donors (Lipinski definition) is 1. The largest absolute Gasteiger partial charge is 0.461 e. The average molecular weight is 404 g/mol. The predicted octanol–water partition coefficient (Wildman–Crippen LogP) is 4.63. The number of rotatable bonds is 4. The van der Waals surface area contributed by atoms with Crippen LogP contribution in [0.4, 0.5) is 10.1 Å². The Bertz CT molecular complexity index is 1130. The van der Waals surface area contributed by atoms with E-state index in [1.807, 2.05) is 30.3 Å². The maximum Gasteiger partial charge on any atom is 0.254 e. The van der Waals surface area contributed by atoms with Crippen molar-refractivity contribution in [2.24, 2.45) is 5.92 Å². The Morgan fingerprint density at radius 1 is 1.07 bits per heavy atom. The SMILES string of the molecule is O=C(Nc1cccc(-c2cc3c(o2)CCN(C(=O)c2cccc(F)c2)C3)c1)C1CC1. The summed E-state index contributed by atoms with van der Waals surface area (Å²) in [6.45, 7) is 0.944. The van der Waals surface area contributed by atoms with E-state index >= 15 is 0 Å². The molecule has 1 aliphatic heterocycles. The van der Waals surface area contributed by atoms with Crippen molar-refractivity contribution in [2.45, 2.75) is 25.8 Å². The van der Waals surface area contributed by atoms with Crippen molar-refractivity contribution in [1.29, 1.82) is 0 Å². The summed E-state index contributed by atoms with van der Waals surface area (Å²) >= 11 is 0. The number of anilines is 1. The van der Waals surface area contributed by atoms with Crippen molar-refractivity contribution in [3.8, 4) is 11.3 Å². The van der Waals surface area contributed by atoms with Crippen LogP contribution < -0.4 is 5.32 Å². The first kappa shape index (κ1) is 18.6. The first-order valence-electron chi connectivity index (χ1n) is 10.1. The number of hydrogen-bond acceptors (Lipinski definition) is 3. The van der Waals surface area contributed by atoms with Gasteiger partial charge in [0.25, 0.3) is 5.91 Å². The molecule has 0 saturated heterocycles. The van der Waals surface area contributed by atoms with Crippen LogP contribution in [0, 0.1) is 11.7 Å². The number of nitrogens with zero attached hydrogens (tertiary/aromatic N) is 1. The fourth-order valence-electron chi connectivity index (χ4n) is 3.79. The number of fused-ring (bicyclic) bond motifs is 1. The van der Waals surface area contributed by atoms with Crippen LogP contribution in [0.25, 0.3) is 11.3 Å². The maximum atomic E-state index is 13.5. The zero-order chi connectivity index (χ0) is 20.7. The van der Waals surface area contributed by atoms with Crippen molar-refractivity contribution in [3.63, 3.8) is 0 Å². The summed E-state index contributed by atoms with van der Waals surface area (Å²) in [6.07, 6.45) is 2.52. The summed E-state index contributed by atoms with van der Waals surface area (Å²) in [5, 5.41) is 2.96. The molecule has 0 bridgehead atoms. The number of carbonyl (C=O) groups is 2. The fraction of sp³-hybridized carbons (Fsp3) is 0.250. The van der Waals surface area contributed by atoms with Gasteiger partial charge in [-0.15, -0.1) is 0 Å². The summed E-state index contributed by atoms with van der Waals surface area (Å²) in [6, 6.07) is 15.3. The van der Waals surface area contributed by atoms with E-state index < -0.39 is 5.82 Å². The quantitative estimate of drug-likeness (QED) is 0.690. The van der Waals surface area contributed by atoms with Gasteiger partial charge in [-0.25, -0.2) is 4.39 Å². The molecule has 0 atom stereocenters. The third-order valence-corrected chi connectivity index (χ3v) is 5.59. The Hall–Kier alpha value is -3.41. The molecule has 5 nitrogen and oxygen atoms in total. The lowest BCUT2D eigenvalue weighted by Crippen LogP contribution is -2.35. The van der Waals surface area contributed by atoms with Crippen LogP contribution in [0.1, 0.15) is 34.5 Å². The number of carbonyl (C=O) groups excluding carboxylic acids is 2. The van der Waals surface area contributed by atoms with Crippen molar-refractivity contribution in [1.82, 2.24) is 4.90 Å². The van der Waals surface area contributed by atoms with E-state index in [4.69, 9.17) is 4.42 Å². The van der Waals surface area contributed by atoms with E-state index in [0.717, 1.165) is 35.4 Å². The fourth-order valence-corrected chi connectivity index (χ4v) is 3.79. The van der Waals surface area contributed by atoms with Gasteiger partial charge in [-0.1, -0.05) is 18.2 Å². The second kappa shape index (κ2) is 7.44. The Balaban J connectivity index is 1.34. The highest BCUT2D eigenvalue weighted by Crippen LogP contribution is 2.33. The normalized spacial score (nSPS) is 15.6. The van der Waals surface area contributed by atoms with E-state index in [-0.39, 0.29) is 17.7 Å². The second-order valence-electron chi connectivity index (χ2n) is 7.89. The van der Waals surface area contributed by atoms with Crippen LogP contribution >= 0.6 is 0 Å². The minimum absolute atomic E-state index is 0.0670. The first-order valence-corrected chi connectivity index (χ1v) is 10.1. The Morgan fingerprint density at radius 3 is 2.70 bits per heavy atom. The second-order valence-corrected chi connectivity index (χ2v) is 7.89. The van der Waals surface area contributed by atoms with Gasteiger partial charge in [-0.2, -0.15) is 0 Å². The number of amides is 2. The molecule has 1 aliphatic carbocycles. The molecule has 1 saturated carbocycles. The third-order valence-electron chi connectivity index (χ3n) is 5.59. The predicted molar refractivity (Wildman–Crippen MR) is 110 cm³/mol. The lowest BCUT2D eigenvalue weighted by molar-refractivity contribution is -0.117. The molecule has 30 heavy (non-hydrogen) atoms. The minimum atomic E-state index is -0.419. The van der Waals surface area contributed by atoms with Crippen molar-refractivity contribution in [3.05, 3.63) is 77.3 Å². The Morgan fingerprint density at radius 2 is 1.90 bits per heavy atom. The van der Waals surface area contributed by atoms with E-state index in [1.54, 1.807) is 17.0 Å². The summed E-state index contributed by atoms with van der Waals surface area (Å²) < 4.78 is 19.5. The van der Waals surface area contributed by atoms with Gasteiger partial charge in [0.05, 0.1) is 0 Å². The zero-order valence-corrected chi connectivity index (χ0v) is 16.4. The van der Waals surface area contributed by atoms with Gasteiger partial charge in [0, 0.05) is 47.8 Å². The van der Waals surface area contributed by atoms with Gasteiger partial charge >= 0.3 is 0 Å². The number of nitrogens with one attached hydrogen (secondary N) is 1. The Kier molecular flexibility index (Phi) is 4.62. The third kappa shape index (κ3) is 3.73. The molecule has 1 fully saturated rings. The van der Waals surface area contributed by atoms with E-state index in [2.05, 4.69) is 5.32 Å². The molecule has 0 radical (unpaired) electrons. The van der Waals surface area contributed by atoms with Gasteiger partial charge in [-0.3, -0.25) is 9.59 Å². The number of halogens is 1. The molecular formula is C24H21FN2O3. The molecule has 5 rings (SSSR count). The summed E-state index contributed by atoms with van der Waals surface area (Å²) in [5.41, 5.74) is 2.93. The van der Waals surface area contributed by atoms with Crippen LogP contribution in [-0.4, -0.2) is 23.3 Å². The molecule has 0 unspecified atom stereocenters. The molecule has 6 heteroatoms. The highest BCUT2D eigenvalue weighted by Gasteiger charge is 2.30. The Labute approximate surface area is 173 Å². The van der Waals surface area contributed by atoms with E-state index in [9.17, 15) is 14.0 Å². The van der Waals surface area contributed by atoms with Crippen LogP contribution in [0.15, 0.2) is 59.0 Å². The van der Waals surface area contributed by atoms with Crippen LogP contribution in [0.2, 0.25) is 0 Å². The van der Waals surface area contributed by atoms with Crippen LogP contribution in [0.3, 0.4) is 0 Å². The summed E-state index contributed by atoms with van der Waals surface area (Å²) in [5.74, 6) is 1.18. The smallest absolute Gasteiger partial charge is 0.254 e. The molecular weight excluding hydrogens is 383 g/mol. The molecule has 2 aromatic carbocycles. The van der Waals surface area contributed by atoms with Crippen molar-refractivity contribution >= 4 is 17.5 Å². The molecule has 1 N–H and O–H groups in total. The van der Waals surface area contributed by atoms with Gasteiger partial charge in [-0.05, 0) is 49.2 Å². The summed E-state index contributed by atoms with van der Waals surface area (Å²) in [4.78, 5) is 26.5. The molecule has 3 aromatic rings. The van der Waals surface area contributed by atoms with Gasteiger partial charge in [0.1, 0.15) is 17.3 Å². The highest BCUT2D eigenvalue weighted by molar-refractivity contribution is 5.95. The molecule has 2 heterocycles. The summed E-state index contributed by atoms with van der Waals surface area (Å²) in [7, 11) is 0. The minimum Gasteiger partial charge on any atom is -0.461 e. The maximum absolute atomic E-state index is 13.5. The molecule has 0 spiro atoms. The number of benzene rings is 2. The van der Waals surface area contributed by atoms with Crippen molar-refractivity contribution in [2.75, 3.05) is 11.9 Å². The van der Waals surface area contributed by atoms with E-state index in [1.165, 1.54) is 12.1 Å². The van der Waals surface area contributed by atoms with Crippen LogP contribution in [0.5, 0.6) is 0 Å². The standard InChI is InChI=1S/C24H21FN2O3/c25-19-5-1-4-17(11-19)24(29)27-10-9-21-18(14-27)13-22(30-21)16-3-2-6-20(12-16)26-23(28)15-7-8-15/h1-6,11-13,15H,7-10,14H2,(H,26,28). The van der Waals surface area contributed by atoms with Crippen molar-refractivity contribution < 1.29 is 18.4 Å². The first-order chi connectivity index (χ1) is 14.6. The lowest BCUT2D eigenvalue weighted by atomic mass is 10.1. The number of furan rings is 1. The molecule has 1 aromatic heterocycles. The average Bonchev–Trinajstić information content (AvgIpc) is 3.52.